The van der Waals surface area contributed by atoms with Crippen LogP contribution in [0, 0.1) is 0 Å². The summed E-state index contributed by atoms with van der Waals surface area (Å²) in [5, 5.41) is 9.99. The molecule has 0 aliphatic carbocycles. The standard InChI is InChI=1S/C10H20O3/c1-9(2,3)13-8-7-12-6-5-10(8,4)11/h8,11H,5-7H2,1-4H3. The fraction of sp³-hybridized carbons (Fsp3) is 1.00. The van der Waals surface area contributed by atoms with Gasteiger partial charge in [0, 0.05) is 13.0 Å². The van der Waals surface area contributed by atoms with Crippen LogP contribution in [0.1, 0.15) is 34.1 Å². The lowest BCUT2D eigenvalue weighted by atomic mass is 9.93. The van der Waals surface area contributed by atoms with Crippen molar-refractivity contribution < 1.29 is 14.6 Å². The Balaban J connectivity index is 2.56. The summed E-state index contributed by atoms with van der Waals surface area (Å²) in [6.45, 7) is 8.88. The van der Waals surface area contributed by atoms with E-state index in [0.29, 0.717) is 19.6 Å². The normalized spacial score (nSPS) is 36.2. The zero-order valence-corrected chi connectivity index (χ0v) is 8.96. The van der Waals surface area contributed by atoms with E-state index < -0.39 is 5.60 Å². The molecule has 3 heteroatoms. The smallest absolute Gasteiger partial charge is 0.110 e. The maximum absolute atomic E-state index is 9.99. The highest BCUT2D eigenvalue weighted by molar-refractivity contribution is 4.87. The van der Waals surface area contributed by atoms with Crippen LogP contribution >= 0.6 is 0 Å². The molecule has 3 nitrogen and oxygen atoms in total. The fourth-order valence-electron chi connectivity index (χ4n) is 1.40. The van der Waals surface area contributed by atoms with Gasteiger partial charge < -0.3 is 14.6 Å². The first kappa shape index (κ1) is 11.0. The van der Waals surface area contributed by atoms with Crippen molar-refractivity contribution in [2.75, 3.05) is 13.2 Å². The largest absolute Gasteiger partial charge is 0.387 e. The van der Waals surface area contributed by atoms with Crippen molar-refractivity contribution in [1.82, 2.24) is 0 Å². The molecule has 0 saturated carbocycles. The van der Waals surface area contributed by atoms with Gasteiger partial charge in [0.05, 0.1) is 17.8 Å². The first-order chi connectivity index (χ1) is 5.81. The topological polar surface area (TPSA) is 38.7 Å². The SMILES string of the molecule is CC(C)(C)OC1COCCC1(C)O. The maximum Gasteiger partial charge on any atom is 0.110 e. The average Bonchev–Trinajstić information content (AvgIpc) is 1.91. The molecule has 0 aromatic carbocycles. The molecule has 1 saturated heterocycles. The Morgan fingerprint density at radius 2 is 2.08 bits per heavy atom. The highest BCUT2D eigenvalue weighted by atomic mass is 16.6. The minimum Gasteiger partial charge on any atom is -0.387 e. The summed E-state index contributed by atoms with van der Waals surface area (Å²) in [6, 6.07) is 0. The van der Waals surface area contributed by atoms with E-state index in [9.17, 15) is 5.11 Å². The molecule has 78 valence electrons. The zero-order chi connectivity index (χ0) is 10.1. The lowest BCUT2D eigenvalue weighted by Gasteiger charge is -2.40. The molecule has 0 spiro atoms. The molecule has 0 bridgehead atoms. The molecule has 0 amide bonds. The van der Waals surface area contributed by atoms with Crippen LogP contribution in [0.3, 0.4) is 0 Å². The van der Waals surface area contributed by atoms with E-state index in [-0.39, 0.29) is 11.7 Å². The van der Waals surface area contributed by atoms with Crippen LogP contribution in [0.5, 0.6) is 0 Å². The van der Waals surface area contributed by atoms with Gasteiger partial charge in [0.1, 0.15) is 6.10 Å². The van der Waals surface area contributed by atoms with Crippen molar-refractivity contribution >= 4 is 0 Å². The number of rotatable bonds is 1. The number of aliphatic hydroxyl groups is 1. The Bertz CT molecular complexity index is 169. The third-order valence-electron chi connectivity index (χ3n) is 2.21. The Labute approximate surface area is 80.0 Å². The van der Waals surface area contributed by atoms with E-state index in [4.69, 9.17) is 9.47 Å². The van der Waals surface area contributed by atoms with Crippen LogP contribution in [-0.4, -0.2) is 35.6 Å². The Morgan fingerprint density at radius 1 is 1.46 bits per heavy atom. The van der Waals surface area contributed by atoms with Crippen molar-refractivity contribution in [2.24, 2.45) is 0 Å². The summed E-state index contributed by atoms with van der Waals surface area (Å²) in [7, 11) is 0. The molecule has 0 radical (unpaired) electrons. The molecule has 1 rings (SSSR count). The Kier molecular flexibility index (Phi) is 3.00. The van der Waals surface area contributed by atoms with Gasteiger partial charge in [-0.05, 0) is 27.7 Å². The van der Waals surface area contributed by atoms with E-state index in [1.165, 1.54) is 0 Å². The molecule has 1 heterocycles. The molecular weight excluding hydrogens is 168 g/mol. The van der Waals surface area contributed by atoms with E-state index >= 15 is 0 Å². The number of ether oxygens (including phenoxy) is 2. The summed E-state index contributed by atoms with van der Waals surface area (Å²) in [5.41, 5.74) is -0.971. The molecular formula is C10H20O3. The van der Waals surface area contributed by atoms with Crippen LogP contribution in [0.15, 0.2) is 0 Å². The van der Waals surface area contributed by atoms with Gasteiger partial charge in [-0.15, -0.1) is 0 Å². The quantitative estimate of drug-likeness (QED) is 0.675. The van der Waals surface area contributed by atoms with Gasteiger partial charge in [-0.2, -0.15) is 0 Å². The van der Waals surface area contributed by atoms with E-state index in [1.807, 2.05) is 27.7 Å². The van der Waals surface area contributed by atoms with Crippen molar-refractivity contribution in [3.05, 3.63) is 0 Å². The van der Waals surface area contributed by atoms with Crippen LogP contribution in [-0.2, 0) is 9.47 Å². The van der Waals surface area contributed by atoms with Crippen molar-refractivity contribution in [3.63, 3.8) is 0 Å². The van der Waals surface area contributed by atoms with E-state index in [1.54, 1.807) is 0 Å². The summed E-state index contributed by atoms with van der Waals surface area (Å²) < 4.78 is 11.0. The van der Waals surface area contributed by atoms with Gasteiger partial charge >= 0.3 is 0 Å². The molecule has 2 atom stereocenters. The molecule has 2 unspecified atom stereocenters. The third-order valence-corrected chi connectivity index (χ3v) is 2.21. The van der Waals surface area contributed by atoms with Crippen LogP contribution in [0.25, 0.3) is 0 Å². The van der Waals surface area contributed by atoms with Gasteiger partial charge in [-0.25, -0.2) is 0 Å². The highest BCUT2D eigenvalue weighted by Crippen LogP contribution is 2.26. The summed E-state index contributed by atoms with van der Waals surface area (Å²) in [4.78, 5) is 0. The molecule has 0 aromatic rings. The van der Waals surface area contributed by atoms with Gasteiger partial charge in [0.15, 0.2) is 0 Å². The summed E-state index contributed by atoms with van der Waals surface area (Å²) >= 11 is 0. The van der Waals surface area contributed by atoms with E-state index in [2.05, 4.69) is 0 Å². The second-order valence-corrected chi connectivity index (χ2v) is 4.90. The van der Waals surface area contributed by atoms with E-state index in [0.717, 1.165) is 0 Å². The summed E-state index contributed by atoms with van der Waals surface area (Å²) in [6.07, 6.45) is 0.439. The predicted octanol–water partition coefficient (Wildman–Crippen LogP) is 1.34. The second kappa shape index (κ2) is 3.56. The Hall–Kier alpha value is -0.120. The molecule has 13 heavy (non-hydrogen) atoms. The van der Waals surface area contributed by atoms with Gasteiger partial charge in [-0.1, -0.05) is 0 Å². The molecule has 1 aliphatic heterocycles. The number of hydrogen-bond donors (Lipinski definition) is 1. The monoisotopic (exact) mass is 188 g/mol. The molecule has 0 aromatic heterocycles. The van der Waals surface area contributed by atoms with Crippen LogP contribution in [0.2, 0.25) is 0 Å². The minimum absolute atomic E-state index is 0.207. The number of hydrogen-bond acceptors (Lipinski definition) is 3. The third kappa shape index (κ3) is 3.25. The maximum atomic E-state index is 9.99. The molecule has 1 fully saturated rings. The zero-order valence-electron chi connectivity index (χ0n) is 8.96. The highest BCUT2D eigenvalue weighted by Gasteiger charge is 2.38. The first-order valence-electron chi connectivity index (χ1n) is 4.79. The lowest BCUT2D eigenvalue weighted by molar-refractivity contribution is -0.202. The van der Waals surface area contributed by atoms with Crippen LogP contribution < -0.4 is 0 Å². The lowest BCUT2D eigenvalue weighted by Crippen LogP contribution is -2.51. The van der Waals surface area contributed by atoms with Gasteiger partial charge in [0.25, 0.3) is 0 Å². The molecule has 1 N–H and O–H groups in total. The Morgan fingerprint density at radius 3 is 2.54 bits per heavy atom. The molecule has 1 aliphatic rings. The van der Waals surface area contributed by atoms with Gasteiger partial charge in [-0.3, -0.25) is 0 Å². The van der Waals surface area contributed by atoms with Crippen molar-refractivity contribution in [3.8, 4) is 0 Å². The average molecular weight is 188 g/mol. The summed E-state index contributed by atoms with van der Waals surface area (Å²) in [5.74, 6) is 0. The van der Waals surface area contributed by atoms with Crippen LogP contribution in [0.4, 0.5) is 0 Å². The second-order valence-electron chi connectivity index (χ2n) is 4.90. The first-order valence-corrected chi connectivity index (χ1v) is 4.79. The van der Waals surface area contributed by atoms with Crippen molar-refractivity contribution in [1.29, 1.82) is 0 Å². The minimum atomic E-state index is -0.745. The fourth-order valence-corrected chi connectivity index (χ4v) is 1.40. The predicted molar refractivity (Wildman–Crippen MR) is 50.7 cm³/mol. The van der Waals surface area contributed by atoms with Crippen molar-refractivity contribution in [2.45, 2.75) is 51.4 Å². The van der Waals surface area contributed by atoms with Gasteiger partial charge in [0.2, 0.25) is 0 Å².